The first-order valence-electron chi connectivity index (χ1n) is 6.58. The van der Waals surface area contributed by atoms with E-state index in [0.29, 0.717) is 5.56 Å². The molecule has 0 fully saturated rings. The molecule has 0 unspecified atom stereocenters. The number of benzene rings is 1. The molecule has 0 aromatic heterocycles. The van der Waals surface area contributed by atoms with E-state index >= 15 is 0 Å². The van der Waals surface area contributed by atoms with Gasteiger partial charge in [-0.25, -0.2) is 0 Å². The van der Waals surface area contributed by atoms with Crippen molar-refractivity contribution in [2.75, 3.05) is 13.1 Å². The maximum absolute atomic E-state index is 12.4. The van der Waals surface area contributed by atoms with Gasteiger partial charge >= 0.3 is 12.1 Å². The molecule has 21 heavy (non-hydrogen) atoms. The van der Waals surface area contributed by atoms with E-state index in [4.69, 9.17) is 5.11 Å². The maximum atomic E-state index is 12.4. The molecule has 3 nitrogen and oxygen atoms in total. The quantitative estimate of drug-likeness (QED) is 0.906. The zero-order valence-corrected chi connectivity index (χ0v) is 12.4. The number of carbonyl (C=O) groups is 1. The minimum Gasteiger partial charge on any atom is -0.480 e. The molecule has 1 rings (SSSR count). The van der Waals surface area contributed by atoms with Gasteiger partial charge in [-0.15, -0.1) is 0 Å². The third-order valence-corrected chi connectivity index (χ3v) is 2.99. The molecule has 1 aromatic carbocycles. The van der Waals surface area contributed by atoms with Crippen LogP contribution in [0.15, 0.2) is 24.3 Å². The molecule has 0 saturated carbocycles. The standard InChI is InChI=1S/C15H20F3NO2/c1-14(2,3)12-6-4-11(5-7-12)8-19(9-13(20)21)10-15(16,17)18/h4-7H,8-10H2,1-3H3,(H,20,21). The molecule has 0 radical (unpaired) electrons. The molecule has 0 spiro atoms. The van der Waals surface area contributed by atoms with Gasteiger partial charge < -0.3 is 5.11 Å². The molecule has 0 atom stereocenters. The Balaban J connectivity index is 2.81. The number of carboxylic acids is 1. The van der Waals surface area contributed by atoms with Crippen LogP contribution in [-0.4, -0.2) is 35.2 Å². The Hall–Kier alpha value is -1.56. The monoisotopic (exact) mass is 303 g/mol. The molecule has 0 amide bonds. The Morgan fingerprint density at radius 3 is 2.05 bits per heavy atom. The van der Waals surface area contributed by atoms with Crippen molar-refractivity contribution in [3.8, 4) is 0 Å². The molecule has 1 N–H and O–H groups in total. The van der Waals surface area contributed by atoms with Crippen molar-refractivity contribution in [2.24, 2.45) is 0 Å². The largest absolute Gasteiger partial charge is 0.480 e. The first kappa shape index (κ1) is 17.5. The fourth-order valence-electron chi connectivity index (χ4n) is 1.98. The van der Waals surface area contributed by atoms with E-state index in [0.717, 1.165) is 10.5 Å². The van der Waals surface area contributed by atoms with Crippen LogP contribution in [0, 0.1) is 0 Å². The zero-order chi connectivity index (χ0) is 16.3. The normalized spacial score (nSPS) is 12.7. The highest BCUT2D eigenvalue weighted by Gasteiger charge is 2.31. The summed E-state index contributed by atoms with van der Waals surface area (Å²) >= 11 is 0. The van der Waals surface area contributed by atoms with Gasteiger partial charge in [-0.05, 0) is 16.5 Å². The number of alkyl halides is 3. The Kier molecular flexibility index (Phi) is 5.39. The van der Waals surface area contributed by atoms with Crippen LogP contribution in [0.4, 0.5) is 13.2 Å². The SMILES string of the molecule is CC(C)(C)c1ccc(CN(CC(=O)O)CC(F)(F)F)cc1. The lowest BCUT2D eigenvalue weighted by Gasteiger charge is -2.23. The summed E-state index contributed by atoms with van der Waals surface area (Å²) in [5, 5.41) is 8.70. The van der Waals surface area contributed by atoms with Gasteiger partial charge in [-0.1, -0.05) is 45.0 Å². The van der Waals surface area contributed by atoms with Crippen LogP contribution in [0.5, 0.6) is 0 Å². The minimum atomic E-state index is -4.42. The van der Waals surface area contributed by atoms with Crippen molar-refractivity contribution < 1.29 is 23.1 Å². The average Bonchev–Trinajstić information content (AvgIpc) is 2.24. The summed E-state index contributed by atoms with van der Waals surface area (Å²) in [6.45, 7) is 4.21. The zero-order valence-electron chi connectivity index (χ0n) is 12.4. The average molecular weight is 303 g/mol. The lowest BCUT2D eigenvalue weighted by Crippen LogP contribution is -2.37. The van der Waals surface area contributed by atoms with Gasteiger partial charge in [0.25, 0.3) is 0 Å². The van der Waals surface area contributed by atoms with Crippen LogP contribution in [-0.2, 0) is 16.8 Å². The molecular weight excluding hydrogens is 283 g/mol. The summed E-state index contributed by atoms with van der Waals surface area (Å²) in [6.07, 6.45) is -4.42. The van der Waals surface area contributed by atoms with Gasteiger partial charge in [-0.2, -0.15) is 13.2 Å². The van der Waals surface area contributed by atoms with Crippen LogP contribution < -0.4 is 0 Å². The molecule has 0 bridgehead atoms. The van der Waals surface area contributed by atoms with Gasteiger partial charge in [0.2, 0.25) is 0 Å². The first-order chi connectivity index (χ1) is 9.47. The number of halogens is 3. The van der Waals surface area contributed by atoms with Crippen molar-refractivity contribution >= 4 is 5.97 Å². The highest BCUT2D eigenvalue weighted by atomic mass is 19.4. The van der Waals surface area contributed by atoms with Gasteiger partial charge in [0.1, 0.15) is 0 Å². The van der Waals surface area contributed by atoms with Gasteiger partial charge in [0.05, 0.1) is 13.1 Å². The third-order valence-electron chi connectivity index (χ3n) is 2.99. The predicted molar refractivity (Wildman–Crippen MR) is 74.1 cm³/mol. The second-order valence-electron chi connectivity index (χ2n) is 6.10. The summed E-state index contributed by atoms with van der Waals surface area (Å²) in [7, 11) is 0. The van der Waals surface area contributed by atoms with E-state index in [2.05, 4.69) is 0 Å². The molecule has 0 heterocycles. The lowest BCUT2D eigenvalue weighted by atomic mass is 9.87. The fourth-order valence-corrected chi connectivity index (χ4v) is 1.98. The van der Waals surface area contributed by atoms with E-state index in [1.54, 1.807) is 12.1 Å². The Morgan fingerprint density at radius 2 is 1.67 bits per heavy atom. The second-order valence-corrected chi connectivity index (χ2v) is 6.10. The van der Waals surface area contributed by atoms with Crippen molar-refractivity contribution in [3.05, 3.63) is 35.4 Å². The summed E-state index contributed by atoms with van der Waals surface area (Å²) in [4.78, 5) is 11.5. The lowest BCUT2D eigenvalue weighted by molar-refractivity contribution is -0.154. The summed E-state index contributed by atoms with van der Waals surface area (Å²) in [5.74, 6) is -1.27. The van der Waals surface area contributed by atoms with Crippen LogP contribution in [0.1, 0.15) is 31.9 Å². The number of carboxylic acid groups (broad SMARTS) is 1. The predicted octanol–water partition coefficient (Wildman–Crippen LogP) is 3.43. The summed E-state index contributed by atoms with van der Waals surface area (Å²) in [5.41, 5.74) is 1.70. The molecule has 0 aliphatic rings. The van der Waals surface area contributed by atoms with Gasteiger partial charge in [0.15, 0.2) is 0 Å². The Bertz CT molecular complexity index is 475. The molecule has 118 valence electrons. The van der Waals surface area contributed by atoms with Crippen LogP contribution in [0.2, 0.25) is 0 Å². The Labute approximate surface area is 122 Å². The molecule has 1 aromatic rings. The summed E-state index contributed by atoms with van der Waals surface area (Å²) < 4.78 is 37.3. The van der Waals surface area contributed by atoms with Gasteiger partial charge in [-0.3, -0.25) is 9.69 Å². The molecule has 0 saturated heterocycles. The van der Waals surface area contributed by atoms with E-state index in [1.165, 1.54) is 0 Å². The first-order valence-corrected chi connectivity index (χ1v) is 6.58. The van der Waals surface area contributed by atoms with E-state index in [9.17, 15) is 18.0 Å². The number of rotatable bonds is 5. The Morgan fingerprint density at radius 1 is 1.14 bits per heavy atom. The topological polar surface area (TPSA) is 40.5 Å². The number of nitrogens with zero attached hydrogens (tertiary/aromatic N) is 1. The van der Waals surface area contributed by atoms with Crippen molar-refractivity contribution in [3.63, 3.8) is 0 Å². The second kappa shape index (κ2) is 6.47. The molecule has 0 aliphatic carbocycles. The maximum Gasteiger partial charge on any atom is 0.401 e. The highest BCUT2D eigenvalue weighted by Crippen LogP contribution is 2.23. The van der Waals surface area contributed by atoms with Crippen LogP contribution in [0.25, 0.3) is 0 Å². The molecular formula is C15H20F3NO2. The van der Waals surface area contributed by atoms with E-state index < -0.39 is 25.2 Å². The van der Waals surface area contributed by atoms with Crippen molar-refractivity contribution in [1.82, 2.24) is 4.90 Å². The van der Waals surface area contributed by atoms with Crippen molar-refractivity contribution in [2.45, 2.75) is 38.9 Å². The number of aliphatic carboxylic acids is 1. The number of hydrogen-bond donors (Lipinski definition) is 1. The van der Waals surface area contributed by atoms with E-state index in [1.807, 2.05) is 32.9 Å². The highest BCUT2D eigenvalue weighted by molar-refractivity contribution is 5.69. The molecule has 0 aliphatic heterocycles. The van der Waals surface area contributed by atoms with Gasteiger partial charge in [0, 0.05) is 6.54 Å². The van der Waals surface area contributed by atoms with E-state index in [-0.39, 0.29) is 12.0 Å². The smallest absolute Gasteiger partial charge is 0.401 e. The molecule has 6 heteroatoms. The minimum absolute atomic E-state index is 0.0365. The number of hydrogen-bond acceptors (Lipinski definition) is 2. The fraction of sp³-hybridized carbons (Fsp3) is 0.533. The van der Waals surface area contributed by atoms with Crippen LogP contribution in [0.3, 0.4) is 0 Å². The van der Waals surface area contributed by atoms with Crippen molar-refractivity contribution in [1.29, 1.82) is 0 Å². The third kappa shape index (κ3) is 6.62. The van der Waals surface area contributed by atoms with Crippen LogP contribution >= 0.6 is 0 Å². The summed E-state index contributed by atoms with van der Waals surface area (Å²) in [6, 6.07) is 7.21.